The number of hydrogen-bond acceptors (Lipinski definition) is 4. The van der Waals surface area contributed by atoms with Gasteiger partial charge in [-0.15, -0.1) is 0 Å². The van der Waals surface area contributed by atoms with Crippen LogP contribution >= 0.6 is 46.4 Å². The molecule has 3 aromatic carbocycles. The van der Waals surface area contributed by atoms with E-state index >= 15 is 0 Å². The van der Waals surface area contributed by atoms with E-state index < -0.39 is 34.4 Å². The number of carbonyl (C=O) groups excluding carboxylic acids is 2. The molecule has 7 nitrogen and oxygen atoms in total. The van der Waals surface area contributed by atoms with E-state index in [4.69, 9.17) is 46.4 Å². The van der Waals surface area contributed by atoms with Crippen LogP contribution in [0, 0.1) is 0 Å². The van der Waals surface area contributed by atoms with Crippen LogP contribution in [0.5, 0.6) is 0 Å². The maximum atomic E-state index is 13.8. The summed E-state index contributed by atoms with van der Waals surface area (Å²) < 4.78 is 28.3. The minimum absolute atomic E-state index is 0.00897. The predicted molar refractivity (Wildman–Crippen MR) is 148 cm³/mol. The summed E-state index contributed by atoms with van der Waals surface area (Å²) in [6.07, 6.45) is 0. The van der Waals surface area contributed by atoms with Gasteiger partial charge in [0.05, 0.1) is 20.6 Å². The summed E-state index contributed by atoms with van der Waals surface area (Å²) in [6.45, 7) is 0.693. The van der Waals surface area contributed by atoms with E-state index in [0.29, 0.717) is 15.6 Å². The summed E-state index contributed by atoms with van der Waals surface area (Å²) >= 11 is 25.2. The second-order valence-electron chi connectivity index (χ2n) is 7.91. The number of halogens is 4. The van der Waals surface area contributed by atoms with Gasteiger partial charge >= 0.3 is 0 Å². The van der Waals surface area contributed by atoms with Crippen molar-refractivity contribution >= 4 is 73.9 Å². The van der Waals surface area contributed by atoms with Gasteiger partial charge in [0.1, 0.15) is 12.6 Å². The molecular weight excluding hydrogens is 580 g/mol. The first-order valence-corrected chi connectivity index (χ1v) is 13.9. The third kappa shape index (κ3) is 6.51. The second-order valence-corrected chi connectivity index (χ2v) is 11.4. The quantitative estimate of drug-likeness (QED) is 0.342. The molecule has 1 N–H and O–H groups in total. The van der Waals surface area contributed by atoms with Crippen molar-refractivity contribution in [2.45, 2.75) is 24.4 Å². The molecule has 0 aliphatic carbocycles. The molecule has 0 heterocycles. The maximum absolute atomic E-state index is 13.8. The Morgan fingerprint density at radius 3 is 2.03 bits per heavy atom. The van der Waals surface area contributed by atoms with Gasteiger partial charge in [0.15, 0.2) is 0 Å². The lowest BCUT2D eigenvalue weighted by Crippen LogP contribution is -2.50. The molecule has 0 spiro atoms. The lowest BCUT2D eigenvalue weighted by molar-refractivity contribution is -0.139. The average molecular weight is 603 g/mol. The van der Waals surface area contributed by atoms with Crippen molar-refractivity contribution in [3.8, 4) is 0 Å². The van der Waals surface area contributed by atoms with Gasteiger partial charge in [0, 0.05) is 29.2 Å². The molecule has 1 atom stereocenters. The van der Waals surface area contributed by atoms with E-state index in [2.05, 4.69) is 5.32 Å². The van der Waals surface area contributed by atoms with E-state index in [-0.39, 0.29) is 27.2 Å². The Morgan fingerprint density at radius 1 is 0.865 bits per heavy atom. The molecule has 196 valence electrons. The van der Waals surface area contributed by atoms with Gasteiger partial charge in [-0.3, -0.25) is 13.9 Å². The molecule has 0 bridgehead atoms. The number of rotatable bonds is 9. The van der Waals surface area contributed by atoms with Crippen LogP contribution < -0.4 is 9.62 Å². The molecule has 3 rings (SSSR count). The van der Waals surface area contributed by atoms with Crippen molar-refractivity contribution in [3.05, 3.63) is 92.4 Å². The number of benzene rings is 3. The smallest absolute Gasteiger partial charge is 0.264 e. The Bertz CT molecular complexity index is 1380. The molecule has 0 aromatic heterocycles. The first-order valence-electron chi connectivity index (χ1n) is 10.9. The lowest BCUT2D eigenvalue weighted by Gasteiger charge is -2.32. The Kier molecular flexibility index (Phi) is 9.72. The van der Waals surface area contributed by atoms with Crippen LogP contribution in [-0.2, 0) is 26.2 Å². The first kappa shape index (κ1) is 29.1. The van der Waals surface area contributed by atoms with E-state index in [1.807, 2.05) is 0 Å². The highest BCUT2D eigenvalue weighted by atomic mass is 35.5. The van der Waals surface area contributed by atoms with Crippen molar-refractivity contribution < 1.29 is 18.0 Å². The Balaban J connectivity index is 2.10. The van der Waals surface area contributed by atoms with Gasteiger partial charge in [-0.05, 0) is 43.3 Å². The summed E-state index contributed by atoms with van der Waals surface area (Å²) in [7, 11) is -2.84. The number of anilines is 1. The number of sulfonamides is 1. The van der Waals surface area contributed by atoms with Gasteiger partial charge in [-0.2, -0.15) is 0 Å². The van der Waals surface area contributed by atoms with Crippen LogP contribution in [0.2, 0.25) is 20.1 Å². The van der Waals surface area contributed by atoms with Crippen molar-refractivity contribution in [1.82, 2.24) is 10.2 Å². The van der Waals surface area contributed by atoms with Gasteiger partial charge in [-0.1, -0.05) is 76.7 Å². The van der Waals surface area contributed by atoms with Crippen LogP contribution in [-0.4, -0.2) is 44.8 Å². The summed E-state index contributed by atoms with van der Waals surface area (Å²) in [6, 6.07) is 15.9. The minimum atomic E-state index is -4.27. The highest BCUT2D eigenvalue weighted by Gasteiger charge is 2.34. The molecule has 0 saturated heterocycles. The highest BCUT2D eigenvalue weighted by molar-refractivity contribution is 7.92. The molecule has 0 fully saturated rings. The van der Waals surface area contributed by atoms with E-state index in [9.17, 15) is 18.0 Å². The molecule has 0 radical (unpaired) electrons. The molecule has 1 unspecified atom stereocenters. The van der Waals surface area contributed by atoms with Gasteiger partial charge in [0.2, 0.25) is 11.8 Å². The third-order valence-corrected chi connectivity index (χ3v) is 8.90. The highest BCUT2D eigenvalue weighted by Crippen LogP contribution is 2.36. The maximum Gasteiger partial charge on any atom is 0.264 e. The normalized spacial score (nSPS) is 12.1. The zero-order valence-corrected chi connectivity index (χ0v) is 23.6. The Hall–Kier alpha value is -2.49. The number of nitrogens with zero attached hydrogens (tertiary/aromatic N) is 2. The molecule has 0 aliphatic rings. The summed E-state index contributed by atoms with van der Waals surface area (Å²) in [4.78, 5) is 27.5. The van der Waals surface area contributed by atoms with Gasteiger partial charge in [0.25, 0.3) is 10.0 Å². The number of nitrogens with one attached hydrogen (secondary N) is 1. The number of amides is 2. The zero-order chi connectivity index (χ0) is 27.3. The van der Waals surface area contributed by atoms with Crippen molar-refractivity contribution in [1.29, 1.82) is 0 Å². The van der Waals surface area contributed by atoms with Crippen LogP contribution in [0.3, 0.4) is 0 Å². The third-order valence-electron chi connectivity index (χ3n) is 5.61. The van der Waals surface area contributed by atoms with E-state index in [0.717, 1.165) is 4.31 Å². The number of hydrogen-bond donors (Lipinski definition) is 1. The molecule has 0 saturated carbocycles. The van der Waals surface area contributed by atoms with Crippen molar-refractivity contribution in [2.75, 3.05) is 17.9 Å². The van der Waals surface area contributed by atoms with Crippen molar-refractivity contribution in [2.24, 2.45) is 0 Å². The summed E-state index contributed by atoms with van der Waals surface area (Å²) in [5, 5.41) is 3.15. The summed E-state index contributed by atoms with van der Waals surface area (Å²) in [5.41, 5.74) is 0.419. The molecule has 3 aromatic rings. The molecule has 12 heteroatoms. The molecule has 37 heavy (non-hydrogen) atoms. The SMILES string of the molecule is CNC(=O)C(C)N(Cc1c(Cl)cccc1Cl)C(=O)CN(c1cccc(Cl)c1Cl)S(=O)(=O)c1ccccc1. The Labute approximate surface area is 235 Å². The zero-order valence-electron chi connectivity index (χ0n) is 19.8. The second kappa shape index (κ2) is 12.4. The molecule has 2 amide bonds. The first-order chi connectivity index (χ1) is 17.5. The van der Waals surface area contributed by atoms with E-state index in [1.54, 1.807) is 36.4 Å². The van der Waals surface area contributed by atoms with Crippen LogP contribution in [0.1, 0.15) is 12.5 Å². The molecule has 0 aliphatic heterocycles. The van der Waals surface area contributed by atoms with Crippen molar-refractivity contribution in [3.63, 3.8) is 0 Å². The summed E-state index contributed by atoms with van der Waals surface area (Å²) in [5.74, 6) is -1.16. The predicted octanol–water partition coefficient (Wildman–Crippen LogP) is 5.66. The topological polar surface area (TPSA) is 86.8 Å². The largest absolute Gasteiger partial charge is 0.357 e. The minimum Gasteiger partial charge on any atom is -0.357 e. The fourth-order valence-electron chi connectivity index (χ4n) is 3.56. The van der Waals surface area contributed by atoms with Crippen LogP contribution in [0.4, 0.5) is 5.69 Å². The van der Waals surface area contributed by atoms with Crippen LogP contribution in [0.25, 0.3) is 0 Å². The molecular formula is C25H23Cl4N3O4S. The monoisotopic (exact) mass is 601 g/mol. The fourth-order valence-corrected chi connectivity index (χ4v) is 5.97. The number of carbonyl (C=O) groups is 2. The standard InChI is InChI=1S/C25H23Cl4N3O4S/c1-16(25(34)30-2)31(14-18-19(26)10-6-11-20(18)27)23(33)15-32(22-13-7-12-21(28)24(22)29)37(35,36)17-8-4-3-5-9-17/h3-13,16H,14-15H2,1-2H3,(H,30,34). The van der Waals surface area contributed by atoms with Crippen LogP contribution in [0.15, 0.2) is 71.6 Å². The van der Waals surface area contributed by atoms with E-state index in [1.165, 1.54) is 49.2 Å². The fraction of sp³-hybridized carbons (Fsp3) is 0.200. The van der Waals surface area contributed by atoms with Gasteiger partial charge in [-0.25, -0.2) is 8.42 Å². The Morgan fingerprint density at radius 2 is 1.43 bits per heavy atom. The average Bonchev–Trinajstić information content (AvgIpc) is 2.88. The lowest BCUT2D eigenvalue weighted by atomic mass is 10.1. The number of likely N-dealkylation sites (N-methyl/N-ethyl adjacent to an activating group) is 1. The van der Waals surface area contributed by atoms with Gasteiger partial charge < -0.3 is 10.2 Å².